The van der Waals surface area contributed by atoms with E-state index in [1.165, 1.54) is 45.9 Å². The zero-order valence-corrected chi connectivity index (χ0v) is 21.5. The Morgan fingerprint density at radius 1 is 0.879 bits per heavy atom. The van der Waals surface area contributed by atoms with Gasteiger partial charge in [-0.05, 0) is 65.2 Å². The van der Waals surface area contributed by atoms with Crippen molar-refractivity contribution >= 4 is 21.9 Å². The Morgan fingerprint density at radius 3 is 2.15 bits per heavy atom. The lowest BCUT2D eigenvalue weighted by Crippen LogP contribution is -2.36. The van der Waals surface area contributed by atoms with Gasteiger partial charge in [0.1, 0.15) is 11.3 Å². The number of hydrogen-bond acceptors (Lipinski definition) is 2. The molecule has 5 rings (SSSR count). The highest BCUT2D eigenvalue weighted by atomic mass is 16.3. The Bertz CT molecular complexity index is 1360. The van der Waals surface area contributed by atoms with E-state index in [1.807, 2.05) is 12.3 Å². The Labute approximate surface area is 198 Å². The molecule has 0 radical (unpaired) electrons. The number of benzene rings is 2. The van der Waals surface area contributed by atoms with Crippen LogP contribution < -0.4 is 0 Å². The maximum atomic E-state index is 6.87. The molecule has 2 aromatic heterocycles. The van der Waals surface area contributed by atoms with E-state index < -0.39 is 0 Å². The zero-order chi connectivity index (χ0) is 23.8. The summed E-state index contributed by atoms with van der Waals surface area (Å²) in [5.74, 6) is 0. The van der Waals surface area contributed by atoms with E-state index in [4.69, 9.17) is 9.40 Å². The van der Waals surface area contributed by atoms with E-state index in [9.17, 15) is 0 Å². The van der Waals surface area contributed by atoms with Crippen LogP contribution in [0.1, 0.15) is 83.6 Å². The van der Waals surface area contributed by atoms with Gasteiger partial charge in [0, 0.05) is 28.1 Å². The van der Waals surface area contributed by atoms with Gasteiger partial charge in [-0.15, -0.1) is 0 Å². The van der Waals surface area contributed by atoms with E-state index in [-0.39, 0.29) is 16.2 Å². The number of aryl methyl sites for hydroxylation is 1. The number of aromatic nitrogens is 1. The standard InChI is InChI=1S/C31H37NO/c1-19-22(18-29(2,3)4)24-25(31(7,8)16-15-30(24,5)6)28-23(19)21-14-17-32-26(27(21)33-28)20-12-10-9-11-13-20/h9-14,17H,15-16,18H2,1-8H3. The molecule has 0 saturated heterocycles. The molecule has 0 unspecified atom stereocenters. The van der Waals surface area contributed by atoms with Gasteiger partial charge in [-0.3, -0.25) is 4.98 Å². The lowest BCUT2D eigenvalue weighted by Gasteiger charge is -2.44. The predicted molar refractivity (Wildman–Crippen MR) is 140 cm³/mol. The van der Waals surface area contributed by atoms with Crippen LogP contribution in [0.25, 0.3) is 33.2 Å². The number of hydrogen-bond donors (Lipinski definition) is 0. The molecule has 0 aliphatic heterocycles. The lowest BCUT2D eigenvalue weighted by atomic mass is 9.60. The topological polar surface area (TPSA) is 26.0 Å². The number of pyridine rings is 1. The second-order valence-corrected chi connectivity index (χ2v) is 12.6. The minimum atomic E-state index is 0.0671. The van der Waals surface area contributed by atoms with Gasteiger partial charge in [0.15, 0.2) is 5.58 Å². The van der Waals surface area contributed by atoms with E-state index >= 15 is 0 Å². The highest BCUT2D eigenvalue weighted by molar-refractivity contribution is 6.12. The average Bonchev–Trinajstić information content (AvgIpc) is 3.12. The second-order valence-electron chi connectivity index (χ2n) is 12.6. The van der Waals surface area contributed by atoms with Gasteiger partial charge in [-0.25, -0.2) is 0 Å². The van der Waals surface area contributed by atoms with E-state index in [0.717, 1.165) is 28.8 Å². The molecule has 0 N–H and O–H groups in total. The summed E-state index contributed by atoms with van der Waals surface area (Å²) < 4.78 is 6.87. The largest absolute Gasteiger partial charge is 0.453 e. The highest BCUT2D eigenvalue weighted by Gasteiger charge is 2.42. The molecule has 2 aromatic carbocycles. The minimum absolute atomic E-state index is 0.0671. The van der Waals surface area contributed by atoms with Crippen LogP contribution in [-0.2, 0) is 17.3 Å². The molecule has 0 fully saturated rings. The van der Waals surface area contributed by atoms with E-state index in [2.05, 4.69) is 85.7 Å². The van der Waals surface area contributed by atoms with Gasteiger partial charge in [0.05, 0.1) is 0 Å². The molecule has 33 heavy (non-hydrogen) atoms. The van der Waals surface area contributed by atoms with Gasteiger partial charge in [-0.1, -0.05) is 78.8 Å². The first-order chi connectivity index (χ1) is 15.4. The monoisotopic (exact) mass is 439 g/mol. The van der Waals surface area contributed by atoms with Crippen molar-refractivity contribution < 1.29 is 4.42 Å². The van der Waals surface area contributed by atoms with Crippen LogP contribution in [-0.4, -0.2) is 4.98 Å². The van der Waals surface area contributed by atoms with Gasteiger partial charge in [0.2, 0.25) is 0 Å². The third-order valence-electron chi connectivity index (χ3n) is 7.69. The summed E-state index contributed by atoms with van der Waals surface area (Å²) in [7, 11) is 0. The van der Waals surface area contributed by atoms with Crippen LogP contribution in [0, 0.1) is 12.3 Å². The SMILES string of the molecule is Cc1c(CC(C)(C)C)c2c(c3oc4c(-c5ccccc5)nccc4c13)C(C)(C)CCC2(C)C. The maximum absolute atomic E-state index is 6.87. The van der Waals surface area contributed by atoms with Crippen LogP contribution in [0.5, 0.6) is 0 Å². The number of rotatable bonds is 2. The molecule has 2 nitrogen and oxygen atoms in total. The van der Waals surface area contributed by atoms with Crippen molar-refractivity contribution in [3.05, 3.63) is 64.8 Å². The van der Waals surface area contributed by atoms with Crippen molar-refractivity contribution in [3.63, 3.8) is 0 Å². The Kier molecular flexibility index (Phi) is 4.84. The number of furan rings is 1. The fourth-order valence-electron chi connectivity index (χ4n) is 6.00. The summed E-state index contributed by atoms with van der Waals surface area (Å²) >= 11 is 0. The highest BCUT2D eigenvalue weighted by Crippen LogP contribution is 2.53. The average molecular weight is 440 g/mol. The van der Waals surface area contributed by atoms with Crippen molar-refractivity contribution in [1.29, 1.82) is 0 Å². The van der Waals surface area contributed by atoms with Gasteiger partial charge >= 0.3 is 0 Å². The fourth-order valence-corrected chi connectivity index (χ4v) is 6.00. The maximum Gasteiger partial charge on any atom is 0.161 e. The molecule has 0 saturated carbocycles. The second kappa shape index (κ2) is 7.19. The van der Waals surface area contributed by atoms with Crippen molar-refractivity contribution in [3.8, 4) is 11.3 Å². The van der Waals surface area contributed by atoms with Crippen molar-refractivity contribution in [2.24, 2.45) is 5.41 Å². The van der Waals surface area contributed by atoms with Crippen LogP contribution in [0.15, 0.2) is 47.0 Å². The summed E-state index contributed by atoms with van der Waals surface area (Å²) in [6, 6.07) is 12.6. The molecule has 0 amide bonds. The number of fused-ring (bicyclic) bond motifs is 5. The van der Waals surface area contributed by atoms with Gasteiger partial charge in [-0.2, -0.15) is 0 Å². The van der Waals surface area contributed by atoms with Crippen molar-refractivity contribution in [2.45, 2.75) is 85.5 Å². The Morgan fingerprint density at radius 2 is 1.52 bits per heavy atom. The fraction of sp³-hybridized carbons (Fsp3) is 0.452. The first-order valence-electron chi connectivity index (χ1n) is 12.3. The summed E-state index contributed by atoms with van der Waals surface area (Å²) in [5, 5.41) is 2.47. The number of nitrogens with zero attached hydrogens (tertiary/aromatic N) is 1. The third-order valence-corrected chi connectivity index (χ3v) is 7.69. The van der Waals surface area contributed by atoms with Crippen LogP contribution in [0.4, 0.5) is 0 Å². The molecular weight excluding hydrogens is 402 g/mol. The molecule has 172 valence electrons. The van der Waals surface area contributed by atoms with Crippen LogP contribution >= 0.6 is 0 Å². The van der Waals surface area contributed by atoms with E-state index in [0.29, 0.717) is 0 Å². The van der Waals surface area contributed by atoms with E-state index in [1.54, 1.807) is 0 Å². The first-order valence-corrected chi connectivity index (χ1v) is 12.3. The Balaban J connectivity index is 1.97. The molecule has 4 aromatic rings. The molecule has 1 aliphatic rings. The summed E-state index contributed by atoms with van der Waals surface area (Å²) in [6.45, 7) is 19.1. The quantitative estimate of drug-likeness (QED) is 0.312. The molecule has 0 bridgehead atoms. The summed E-state index contributed by atoms with van der Waals surface area (Å²) in [6.07, 6.45) is 5.38. The van der Waals surface area contributed by atoms with Crippen LogP contribution in [0.2, 0.25) is 0 Å². The van der Waals surface area contributed by atoms with Gasteiger partial charge < -0.3 is 4.42 Å². The zero-order valence-electron chi connectivity index (χ0n) is 21.5. The smallest absolute Gasteiger partial charge is 0.161 e. The normalized spacial score (nSPS) is 17.5. The van der Waals surface area contributed by atoms with Crippen molar-refractivity contribution in [2.75, 3.05) is 0 Å². The lowest BCUT2D eigenvalue weighted by molar-refractivity contribution is 0.323. The Hall–Kier alpha value is -2.61. The third kappa shape index (κ3) is 3.50. The molecule has 2 heterocycles. The molecule has 1 aliphatic carbocycles. The summed E-state index contributed by atoms with van der Waals surface area (Å²) in [5.41, 5.74) is 10.3. The van der Waals surface area contributed by atoms with Crippen LogP contribution in [0.3, 0.4) is 0 Å². The van der Waals surface area contributed by atoms with Gasteiger partial charge in [0.25, 0.3) is 0 Å². The molecule has 0 atom stereocenters. The molecule has 0 spiro atoms. The first kappa shape index (κ1) is 22.2. The minimum Gasteiger partial charge on any atom is -0.453 e. The predicted octanol–water partition coefficient (Wildman–Crippen LogP) is 8.89. The van der Waals surface area contributed by atoms with Crippen molar-refractivity contribution in [1.82, 2.24) is 4.98 Å². The molecular formula is C31H37NO. The summed E-state index contributed by atoms with van der Waals surface area (Å²) in [4.78, 5) is 4.77. The molecule has 2 heteroatoms.